The van der Waals surface area contributed by atoms with Crippen LogP contribution in [0, 0.1) is 5.82 Å². The molecule has 0 atom stereocenters. The third-order valence-corrected chi connectivity index (χ3v) is 5.77. The van der Waals surface area contributed by atoms with Crippen LogP contribution in [0.1, 0.15) is 45.0 Å². The number of rotatable bonds is 6. The number of anilines is 1. The van der Waals surface area contributed by atoms with Gasteiger partial charge in [0.15, 0.2) is 11.6 Å². The lowest BCUT2D eigenvalue weighted by molar-refractivity contribution is 0.0980. The fourth-order valence-electron chi connectivity index (χ4n) is 2.83. The van der Waals surface area contributed by atoms with Gasteiger partial charge in [0.1, 0.15) is 0 Å². The molecule has 0 fully saturated rings. The minimum absolute atomic E-state index is 0.0653. The van der Waals surface area contributed by atoms with Gasteiger partial charge in [-0.15, -0.1) is 0 Å². The first-order chi connectivity index (χ1) is 13.4. The van der Waals surface area contributed by atoms with Crippen LogP contribution in [-0.2, 0) is 10.0 Å². The number of benzene rings is 2. The van der Waals surface area contributed by atoms with Crippen LogP contribution in [0.2, 0.25) is 0 Å². The van der Waals surface area contributed by atoms with Crippen molar-refractivity contribution in [3.63, 3.8) is 0 Å². The second kappa shape index (κ2) is 8.51. The predicted molar refractivity (Wildman–Crippen MR) is 111 cm³/mol. The quantitative estimate of drug-likeness (QED) is 0.764. The van der Waals surface area contributed by atoms with Gasteiger partial charge in [-0.1, -0.05) is 0 Å². The summed E-state index contributed by atoms with van der Waals surface area (Å²) in [6.07, 6.45) is 0. The van der Waals surface area contributed by atoms with E-state index in [0.29, 0.717) is 11.3 Å². The lowest BCUT2D eigenvalue weighted by atomic mass is 10.1. The number of sulfonamides is 1. The average molecular weight is 423 g/mol. The molecule has 158 valence electrons. The molecular formula is C21H27FN2O4S. The standard InChI is InChI=1S/C21H27FN2O4S/c1-14(2)24(16-9-12-19(28-6)18(22)13-16)20(25)15-7-10-17(11-8-15)29(26,27)23-21(3,4)5/h7-14,23H,1-6H3. The molecule has 0 aromatic heterocycles. The normalized spacial score (nSPS) is 12.1. The molecule has 0 aliphatic heterocycles. The van der Waals surface area contributed by atoms with Crippen molar-refractivity contribution in [2.45, 2.75) is 51.1 Å². The number of carbonyl (C=O) groups is 1. The first-order valence-electron chi connectivity index (χ1n) is 9.17. The van der Waals surface area contributed by atoms with Gasteiger partial charge in [0.2, 0.25) is 10.0 Å². The molecule has 0 aliphatic rings. The number of nitrogens with zero attached hydrogens (tertiary/aromatic N) is 1. The Morgan fingerprint density at radius 1 is 1.10 bits per heavy atom. The van der Waals surface area contributed by atoms with E-state index in [1.807, 2.05) is 13.8 Å². The van der Waals surface area contributed by atoms with Crippen molar-refractivity contribution in [3.05, 3.63) is 53.8 Å². The van der Waals surface area contributed by atoms with Gasteiger partial charge in [-0.05, 0) is 71.0 Å². The summed E-state index contributed by atoms with van der Waals surface area (Å²) < 4.78 is 46.5. The van der Waals surface area contributed by atoms with Crippen LogP contribution < -0.4 is 14.4 Å². The Kier molecular flexibility index (Phi) is 6.70. The van der Waals surface area contributed by atoms with E-state index in [1.165, 1.54) is 48.4 Å². The van der Waals surface area contributed by atoms with Crippen molar-refractivity contribution in [1.82, 2.24) is 4.72 Å². The Morgan fingerprint density at radius 2 is 1.69 bits per heavy atom. The number of carbonyl (C=O) groups excluding carboxylic acids is 1. The van der Waals surface area contributed by atoms with Crippen molar-refractivity contribution in [1.29, 1.82) is 0 Å². The van der Waals surface area contributed by atoms with Crippen LogP contribution in [0.5, 0.6) is 5.75 Å². The molecule has 0 radical (unpaired) electrons. The number of halogens is 1. The van der Waals surface area contributed by atoms with E-state index in [0.717, 1.165) is 0 Å². The highest BCUT2D eigenvalue weighted by Gasteiger charge is 2.24. The van der Waals surface area contributed by atoms with E-state index >= 15 is 0 Å². The topological polar surface area (TPSA) is 75.7 Å². The highest BCUT2D eigenvalue weighted by molar-refractivity contribution is 7.89. The predicted octanol–water partition coefficient (Wildman–Crippen LogP) is 3.97. The van der Waals surface area contributed by atoms with E-state index in [9.17, 15) is 17.6 Å². The molecule has 0 heterocycles. The van der Waals surface area contributed by atoms with Crippen LogP contribution in [-0.4, -0.2) is 33.0 Å². The van der Waals surface area contributed by atoms with Crippen molar-refractivity contribution in [2.24, 2.45) is 0 Å². The largest absolute Gasteiger partial charge is 0.494 e. The van der Waals surface area contributed by atoms with Gasteiger partial charge in [-0.2, -0.15) is 0 Å². The Labute approximate surface area is 171 Å². The molecule has 0 saturated heterocycles. The lowest BCUT2D eigenvalue weighted by Crippen LogP contribution is -2.40. The van der Waals surface area contributed by atoms with Gasteiger partial charge in [0.25, 0.3) is 5.91 Å². The van der Waals surface area contributed by atoms with Crippen molar-refractivity contribution >= 4 is 21.6 Å². The molecule has 29 heavy (non-hydrogen) atoms. The second-order valence-corrected chi connectivity index (χ2v) is 9.65. The van der Waals surface area contributed by atoms with Gasteiger partial charge in [0.05, 0.1) is 12.0 Å². The van der Waals surface area contributed by atoms with Crippen LogP contribution in [0.3, 0.4) is 0 Å². The maximum Gasteiger partial charge on any atom is 0.258 e. The molecule has 1 amide bonds. The van der Waals surface area contributed by atoms with Crippen molar-refractivity contribution in [3.8, 4) is 5.75 Å². The summed E-state index contributed by atoms with van der Waals surface area (Å²) in [6.45, 7) is 8.86. The molecule has 0 unspecified atom stereocenters. The number of methoxy groups -OCH3 is 1. The Morgan fingerprint density at radius 3 is 2.14 bits per heavy atom. The maximum absolute atomic E-state index is 14.1. The first-order valence-corrected chi connectivity index (χ1v) is 10.6. The summed E-state index contributed by atoms with van der Waals surface area (Å²) in [5.41, 5.74) is 0.0549. The number of amides is 1. The van der Waals surface area contributed by atoms with Crippen LogP contribution in [0.15, 0.2) is 47.4 Å². The zero-order chi connectivity index (χ0) is 22.0. The molecule has 0 saturated carbocycles. The molecule has 8 heteroatoms. The molecule has 6 nitrogen and oxygen atoms in total. The van der Waals surface area contributed by atoms with Gasteiger partial charge in [0, 0.05) is 28.9 Å². The van der Waals surface area contributed by atoms with Crippen LogP contribution in [0.4, 0.5) is 10.1 Å². The third-order valence-electron chi connectivity index (χ3n) is 4.00. The average Bonchev–Trinajstić information content (AvgIpc) is 2.60. The zero-order valence-electron chi connectivity index (χ0n) is 17.5. The number of ether oxygens (including phenoxy) is 1. The summed E-state index contributed by atoms with van der Waals surface area (Å²) in [6, 6.07) is 9.73. The molecule has 1 N–H and O–H groups in total. The summed E-state index contributed by atoms with van der Waals surface area (Å²) in [5, 5.41) is 0. The maximum atomic E-state index is 14.1. The molecular weight excluding hydrogens is 395 g/mol. The summed E-state index contributed by atoms with van der Waals surface area (Å²) in [4.78, 5) is 14.6. The molecule has 0 bridgehead atoms. The minimum atomic E-state index is -3.70. The van der Waals surface area contributed by atoms with Gasteiger partial charge >= 0.3 is 0 Å². The zero-order valence-corrected chi connectivity index (χ0v) is 18.3. The highest BCUT2D eigenvalue weighted by Crippen LogP contribution is 2.26. The van der Waals surface area contributed by atoms with Crippen LogP contribution >= 0.6 is 0 Å². The highest BCUT2D eigenvalue weighted by atomic mass is 32.2. The van der Waals surface area contributed by atoms with Crippen molar-refractivity contribution in [2.75, 3.05) is 12.0 Å². The van der Waals surface area contributed by atoms with Gasteiger partial charge in [-0.25, -0.2) is 17.5 Å². The summed E-state index contributed by atoms with van der Waals surface area (Å²) >= 11 is 0. The van der Waals surface area contributed by atoms with Crippen LogP contribution in [0.25, 0.3) is 0 Å². The number of hydrogen-bond donors (Lipinski definition) is 1. The molecule has 2 aromatic rings. The van der Waals surface area contributed by atoms with E-state index in [1.54, 1.807) is 26.8 Å². The Hall–Kier alpha value is -2.45. The molecule has 2 rings (SSSR count). The Balaban J connectivity index is 2.35. The smallest absolute Gasteiger partial charge is 0.258 e. The Bertz CT molecular complexity index is 981. The summed E-state index contributed by atoms with van der Waals surface area (Å²) in [7, 11) is -2.33. The fourth-order valence-corrected chi connectivity index (χ4v) is 4.25. The minimum Gasteiger partial charge on any atom is -0.494 e. The van der Waals surface area contributed by atoms with E-state index < -0.39 is 21.4 Å². The SMILES string of the molecule is COc1ccc(N(C(=O)c2ccc(S(=O)(=O)NC(C)(C)C)cc2)C(C)C)cc1F. The van der Waals surface area contributed by atoms with E-state index in [2.05, 4.69) is 4.72 Å². The summed E-state index contributed by atoms with van der Waals surface area (Å²) in [5.74, 6) is -0.846. The molecule has 2 aromatic carbocycles. The monoisotopic (exact) mass is 422 g/mol. The van der Waals surface area contributed by atoms with Gasteiger partial charge < -0.3 is 9.64 Å². The molecule has 0 spiro atoms. The number of hydrogen-bond acceptors (Lipinski definition) is 4. The van der Waals surface area contributed by atoms with Gasteiger partial charge in [-0.3, -0.25) is 4.79 Å². The van der Waals surface area contributed by atoms with Crippen molar-refractivity contribution < 1.29 is 22.3 Å². The van der Waals surface area contributed by atoms with E-state index in [-0.39, 0.29) is 22.6 Å². The number of nitrogens with one attached hydrogen (secondary N) is 1. The third kappa shape index (κ3) is 5.55. The lowest BCUT2D eigenvalue weighted by Gasteiger charge is -2.27. The molecule has 0 aliphatic carbocycles. The van der Waals surface area contributed by atoms with E-state index in [4.69, 9.17) is 4.74 Å². The first kappa shape index (κ1) is 22.8. The second-order valence-electron chi connectivity index (χ2n) is 7.97. The fraction of sp³-hybridized carbons (Fsp3) is 0.381.